The molecule has 1 aromatic heterocycles. The summed E-state index contributed by atoms with van der Waals surface area (Å²) in [4.78, 5) is 24.2. The average molecular weight is 476 g/mol. The Bertz CT molecular complexity index is 1120. The number of halogens is 2. The molecule has 2 N–H and O–H groups in total. The second-order valence-corrected chi connectivity index (χ2v) is 8.16. The van der Waals surface area contributed by atoms with Gasteiger partial charge in [-0.05, 0) is 35.9 Å². The lowest BCUT2D eigenvalue weighted by atomic mass is 10.2. The highest BCUT2D eigenvalue weighted by atomic mass is 35.5. The molecule has 0 radical (unpaired) electrons. The maximum Gasteiger partial charge on any atom is 0.244 e. The zero-order valence-corrected chi connectivity index (χ0v) is 18.8. The third-order valence-electron chi connectivity index (χ3n) is 4.11. The first-order chi connectivity index (χ1) is 14.9. The van der Waals surface area contributed by atoms with Crippen molar-refractivity contribution in [1.82, 2.24) is 20.1 Å². The van der Waals surface area contributed by atoms with E-state index in [9.17, 15) is 9.59 Å². The molecule has 0 aliphatic carbocycles. The van der Waals surface area contributed by atoms with Gasteiger partial charge < -0.3 is 15.2 Å². The summed E-state index contributed by atoms with van der Waals surface area (Å²) in [5, 5.41) is 15.4. The zero-order chi connectivity index (χ0) is 22.2. The zero-order valence-electron chi connectivity index (χ0n) is 16.5. The molecule has 10 heteroatoms. The van der Waals surface area contributed by atoms with Gasteiger partial charge in [0.15, 0.2) is 11.0 Å². The van der Waals surface area contributed by atoms with Gasteiger partial charge in [-0.2, -0.15) is 0 Å². The first-order valence-electron chi connectivity index (χ1n) is 9.19. The molecule has 0 saturated carbocycles. The largest absolute Gasteiger partial charge is 0.345 e. The fourth-order valence-corrected chi connectivity index (χ4v) is 3.64. The molecule has 160 valence electrons. The molecule has 2 amide bonds. The first kappa shape index (κ1) is 22.9. The Morgan fingerprint density at radius 3 is 2.71 bits per heavy atom. The predicted octanol–water partition coefficient (Wildman–Crippen LogP) is 4.18. The third kappa shape index (κ3) is 6.85. The molecule has 0 saturated heterocycles. The second-order valence-electron chi connectivity index (χ2n) is 6.38. The van der Waals surface area contributed by atoms with Crippen molar-refractivity contribution in [3.63, 3.8) is 0 Å². The van der Waals surface area contributed by atoms with Gasteiger partial charge in [0.05, 0.1) is 12.3 Å². The van der Waals surface area contributed by atoms with Crippen LogP contribution in [-0.2, 0) is 23.2 Å². The summed E-state index contributed by atoms with van der Waals surface area (Å²) in [5.74, 6) is 0.260. The number of carbonyl (C=O) groups is 2. The molecule has 0 fully saturated rings. The maximum atomic E-state index is 12.1. The van der Waals surface area contributed by atoms with E-state index in [1.165, 1.54) is 17.8 Å². The topological polar surface area (TPSA) is 88.9 Å². The molecule has 7 nitrogen and oxygen atoms in total. The number of hydrogen-bond donors (Lipinski definition) is 2. The molecule has 3 rings (SSSR count). The fourth-order valence-electron chi connectivity index (χ4n) is 2.52. The Morgan fingerprint density at radius 1 is 1.13 bits per heavy atom. The number of nitrogens with zero attached hydrogens (tertiary/aromatic N) is 3. The molecule has 0 unspecified atom stereocenters. The number of aromatic nitrogens is 3. The molecule has 3 aromatic rings. The van der Waals surface area contributed by atoms with Gasteiger partial charge in [-0.15, -0.1) is 10.2 Å². The Kier molecular flexibility index (Phi) is 8.11. The van der Waals surface area contributed by atoms with Crippen molar-refractivity contribution in [2.45, 2.75) is 11.7 Å². The maximum absolute atomic E-state index is 12.1. The number of amides is 2. The molecule has 0 bridgehead atoms. The monoisotopic (exact) mass is 475 g/mol. The summed E-state index contributed by atoms with van der Waals surface area (Å²) in [6, 6.07) is 14.2. The molecular formula is C21H19Cl2N5O2S. The summed E-state index contributed by atoms with van der Waals surface area (Å²) < 4.78 is 1.73. The summed E-state index contributed by atoms with van der Waals surface area (Å²) >= 11 is 13.2. The highest BCUT2D eigenvalue weighted by Crippen LogP contribution is 2.18. The molecule has 31 heavy (non-hydrogen) atoms. The summed E-state index contributed by atoms with van der Waals surface area (Å²) in [5.41, 5.74) is 1.39. The highest BCUT2D eigenvalue weighted by Gasteiger charge is 2.12. The number of carbonyl (C=O) groups excluding carboxylic acids is 2. The molecule has 1 heterocycles. The van der Waals surface area contributed by atoms with Gasteiger partial charge in [-0.3, -0.25) is 9.59 Å². The van der Waals surface area contributed by atoms with Gasteiger partial charge in [0.2, 0.25) is 11.8 Å². The molecule has 0 atom stereocenters. The number of benzene rings is 2. The number of hydrogen-bond acceptors (Lipinski definition) is 5. The van der Waals surface area contributed by atoms with Crippen molar-refractivity contribution in [2.75, 3.05) is 11.1 Å². The van der Waals surface area contributed by atoms with Crippen molar-refractivity contribution >= 4 is 58.5 Å². The SMILES string of the molecule is Cn1c(CNC(=O)C=Cc2ccccc2Cl)nnc1SCC(=O)Nc1cccc(Cl)c1. The van der Waals surface area contributed by atoms with E-state index in [1.54, 1.807) is 48.0 Å². The molecule has 2 aromatic carbocycles. The van der Waals surface area contributed by atoms with Crippen LogP contribution in [0.1, 0.15) is 11.4 Å². The Balaban J connectivity index is 1.49. The van der Waals surface area contributed by atoms with Gasteiger partial charge in [-0.1, -0.05) is 59.2 Å². The Morgan fingerprint density at radius 2 is 1.94 bits per heavy atom. The van der Waals surface area contributed by atoms with E-state index in [4.69, 9.17) is 23.2 Å². The van der Waals surface area contributed by atoms with E-state index in [1.807, 2.05) is 18.2 Å². The van der Waals surface area contributed by atoms with Gasteiger partial charge in [0.1, 0.15) is 0 Å². The van der Waals surface area contributed by atoms with Crippen LogP contribution in [0.3, 0.4) is 0 Å². The van der Waals surface area contributed by atoms with Crippen LogP contribution < -0.4 is 10.6 Å². The molecule has 0 spiro atoms. The summed E-state index contributed by atoms with van der Waals surface area (Å²) in [6.45, 7) is 0.199. The first-order valence-corrected chi connectivity index (χ1v) is 10.9. The van der Waals surface area contributed by atoms with Crippen molar-refractivity contribution in [3.05, 3.63) is 76.0 Å². The smallest absolute Gasteiger partial charge is 0.244 e. The van der Waals surface area contributed by atoms with Crippen LogP contribution >= 0.6 is 35.0 Å². The summed E-state index contributed by atoms with van der Waals surface area (Å²) in [6.07, 6.45) is 3.06. The van der Waals surface area contributed by atoms with Crippen molar-refractivity contribution < 1.29 is 9.59 Å². The predicted molar refractivity (Wildman–Crippen MR) is 124 cm³/mol. The molecular weight excluding hydrogens is 457 g/mol. The average Bonchev–Trinajstić information content (AvgIpc) is 3.09. The van der Waals surface area contributed by atoms with E-state index in [0.29, 0.717) is 26.7 Å². The van der Waals surface area contributed by atoms with Crippen molar-refractivity contribution in [3.8, 4) is 0 Å². The van der Waals surface area contributed by atoms with Crippen LogP contribution in [0.5, 0.6) is 0 Å². The lowest BCUT2D eigenvalue weighted by Crippen LogP contribution is -2.22. The Hall–Kier alpha value is -2.81. The lowest BCUT2D eigenvalue weighted by Gasteiger charge is -2.06. The van der Waals surface area contributed by atoms with Gasteiger partial charge in [0.25, 0.3) is 0 Å². The molecule has 0 aliphatic heterocycles. The van der Waals surface area contributed by atoms with E-state index >= 15 is 0 Å². The quantitative estimate of drug-likeness (QED) is 0.376. The number of nitrogens with one attached hydrogen (secondary N) is 2. The standard InChI is InChI=1S/C21H19Cl2N5O2S/c1-28-18(12-24-19(29)10-9-14-5-2-3-8-17(14)23)26-27-21(28)31-13-20(30)25-16-7-4-6-15(22)11-16/h2-11H,12-13H2,1H3,(H,24,29)(H,25,30). The fraction of sp³-hybridized carbons (Fsp3) is 0.143. The van der Waals surface area contributed by atoms with Crippen LogP contribution in [0.15, 0.2) is 59.8 Å². The lowest BCUT2D eigenvalue weighted by molar-refractivity contribution is -0.116. The van der Waals surface area contributed by atoms with Gasteiger partial charge in [-0.25, -0.2) is 0 Å². The number of thioether (sulfide) groups is 1. The normalized spacial score (nSPS) is 10.9. The third-order valence-corrected chi connectivity index (χ3v) is 5.71. The minimum atomic E-state index is -0.280. The summed E-state index contributed by atoms with van der Waals surface area (Å²) in [7, 11) is 1.78. The van der Waals surface area contributed by atoms with Crippen LogP contribution in [0.2, 0.25) is 10.0 Å². The second kappa shape index (κ2) is 11.0. The van der Waals surface area contributed by atoms with Crippen LogP contribution in [-0.4, -0.2) is 32.3 Å². The minimum absolute atomic E-state index is 0.158. The van der Waals surface area contributed by atoms with Crippen molar-refractivity contribution in [1.29, 1.82) is 0 Å². The van der Waals surface area contributed by atoms with Crippen molar-refractivity contribution in [2.24, 2.45) is 7.05 Å². The van der Waals surface area contributed by atoms with Gasteiger partial charge in [0, 0.05) is 28.9 Å². The van der Waals surface area contributed by atoms with Crippen LogP contribution in [0.25, 0.3) is 6.08 Å². The van der Waals surface area contributed by atoms with E-state index in [-0.39, 0.29) is 24.1 Å². The molecule has 0 aliphatic rings. The van der Waals surface area contributed by atoms with E-state index in [2.05, 4.69) is 20.8 Å². The van der Waals surface area contributed by atoms with E-state index in [0.717, 1.165) is 5.56 Å². The van der Waals surface area contributed by atoms with E-state index < -0.39 is 0 Å². The van der Waals surface area contributed by atoms with Crippen LogP contribution in [0, 0.1) is 0 Å². The number of anilines is 1. The number of rotatable bonds is 8. The van der Waals surface area contributed by atoms with Gasteiger partial charge >= 0.3 is 0 Å². The minimum Gasteiger partial charge on any atom is -0.345 e. The van der Waals surface area contributed by atoms with Crippen LogP contribution in [0.4, 0.5) is 5.69 Å². The Labute approximate surface area is 193 Å². The highest BCUT2D eigenvalue weighted by molar-refractivity contribution is 7.99.